The lowest BCUT2D eigenvalue weighted by atomic mass is 9.95. The average Bonchev–Trinajstić information content (AvgIpc) is 3.11. The third kappa shape index (κ3) is 1.69. The fourth-order valence-corrected chi connectivity index (χ4v) is 5.29. The van der Waals surface area contributed by atoms with Gasteiger partial charge in [-0.25, -0.2) is 0 Å². The van der Waals surface area contributed by atoms with Crippen molar-refractivity contribution in [3.63, 3.8) is 0 Å². The molecule has 5 aromatic rings. The van der Waals surface area contributed by atoms with Crippen LogP contribution in [-0.4, -0.2) is 4.57 Å². The van der Waals surface area contributed by atoms with Crippen LogP contribution in [0.2, 0.25) is 0 Å². The highest BCUT2D eigenvalue weighted by Gasteiger charge is 2.19. The summed E-state index contributed by atoms with van der Waals surface area (Å²) in [5.74, 6) is 0.501. The van der Waals surface area contributed by atoms with Crippen molar-refractivity contribution in [2.45, 2.75) is 19.8 Å². The van der Waals surface area contributed by atoms with Gasteiger partial charge in [0.1, 0.15) is 0 Å². The Morgan fingerprint density at radius 1 is 0.875 bits per heavy atom. The summed E-state index contributed by atoms with van der Waals surface area (Å²) in [4.78, 5) is 0. The van der Waals surface area contributed by atoms with E-state index in [0.29, 0.717) is 5.92 Å². The fourth-order valence-electron chi connectivity index (χ4n) is 4.02. The molecule has 0 aliphatic carbocycles. The monoisotopic (exact) mass is 329 g/mol. The number of hydrogen-bond acceptors (Lipinski definition) is 1. The predicted octanol–water partition coefficient (Wildman–Crippen LogP) is 6.82. The summed E-state index contributed by atoms with van der Waals surface area (Å²) in [7, 11) is 2.21. The quantitative estimate of drug-likeness (QED) is 0.318. The molecule has 2 heteroatoms. The van der Waals surface area contributed by atoms with Gasteiger partial charge in [0.2, 0.25) is 0 Å². The lowest BCUT2D eigenvalue weighted by Crippen LogP contribution is -1.91. The van der Waals surface area contributed by atoms with E-state index in [0.717, 1.165) is 0 Å². The molecule has 0 aliphatic rings. The second kappa shape index (κ2) is 4.84. The molecule has 0 amide bonds. The minimum Gasteiger partial charge on any atom is -0.342 e. The van der Waals surface area contributed by atoms with Gasteiger partial charge in [0, 0.05) is 38.8 Å². The summed E-state index contributed by atoms with van der Waals surface area (Å²) in [5.41, 5.74) is 4.16. The van der Waals surface area contributed by atoms with Crippen molar-refractivity contribution in [1.82, 2.24) is 4.57 Å². The number of para-hydroxylation sites is 1. The smallest absolute Gasteiger partial charge is 0.0673 e. The van der Waals surface area contributed by atoms with Gasteiger partial charge in [-0.05, 0) is 29.7 Å². The molecule has 0 spiro atoms. The number of nitrogens with zero attached hydrogens (tertiary/aromatic N) is 1. The molecule has 0 N–H and O–H groups in total. The van der Waals surface area contributed by atoms with Crippen LogP contribution in [0.15, 0.2) is 54.6 Å². The molecule has 0 unspecified atom stereocenters. The summed E-state index contributed by atoms with van der Waals surface area (Å²) in [6.45, 7) is 4.61. The third-order valence-corrected chi connectivity index (χ3v) is 6.36. The van der Waals surface area contributed by atoms with Gasteiger partial charge in [-0.15, -0.1) is 11.3 Å². The molecule has 1 nitrogen and oxygen atoms in total. The van der Waals surface area contributed by atoms with Crippen molar-refractivity contribution < 1.29 is 0 Å². The second-order valence-corrected chi connectivity index (χ2v) is 7.95. The maximum atomic E-state index is 2.44. The summed E-state index contributed by atoms with van der Waals surface area (Å²) >= 11 is 1.92. The molecule has 0 saturated carbocycles. The van der Waals surface area contributed by atoms with Gasteiger partial charge in [-0.3, -0.25) is 0 Å². The third-order valence-electron chi connectivity index (χ3n) is 5.17. The zero-order chi connectivity index (χ0) is 16.4. The molecule has 5 rings (SSSR count). The van der Waals surface area contributed by atoms with Gasteiger partial charge < -0.3 is 4.57 Å². The zero-order valence-electron chi connectivity index (χ0n) is 14.1. The Balaban J connectivity index is 2.16. The van der Waals surface area contributed by atoms with E-state index >= 15 is 0 Å². The van der Waals surface area contributed by atoms with Crippen molar-refractivity contribution in [1.29, 1.82) is 0 Å². The highest BCUT2D eigenvalue weighted by atomic mass is 32.1. The van der Waals surface area contributed by atoms with Crippen molar-refractivity contribution in [3.05, 3.63) is 60.2 Å². The maximum absolute atomic E-state index is 2.44. The average molecular weight is 329 g/mol. The Kier molecular flexibility index (Phi) is 2.84. The number of hydrogen-bond donors (Lipinski definition) is 0. The Morgan fingerprint density at radius 3 is 2.38 bits per heavy atom. The number of aryl methyl sites for hydroxylation is 1. The molecule has 3 aromatic carbocycles. The molecule has 0 saturated heterocycles. The number of thiophene rings is 1. The zero-order valence-corrected chi connectivity index (χ0v) is 14.9. The summed E-state index contributed by atoms with van der Waals surface area (Å²) in [5, 5.41) is 5.59. The first-order valence-electron chi connectivity index (χ1n) is 8.48. The van der Waals surface area contributed by atoms with Crippen LogP contribution in [0.25, 0.3) is 42.0 Å². The molecule has 24 heavy (non-hydrogen) atoms. The van der Waals surface area contributed by atoms with E-state index in [-0.39, 0.29) is 0 Å². The lowest BCUT2D eigenvalue weighted by Gasteiger charge is -2.10. The Hall–Kier alpha value is -2.32. The van der Waals surface area contributed by atoms with Crippen molar-refractivity contribution >= 4 is 53.3 Å². The molecular weight excluding hydrogens is 310 g/mol. The van der Waals surface area contributed by atoms with E-state index in [4.69, 9.17) is 0 Å². The van der Waals surface area contributed by atoms with Crippen LogP contribution in [0.3, 0.4) is 0 Å². The Morgan fingerprint density at radius 2 is 1.58 bits per heavy atom. The lowest BCUT2D eigenvalue weighted by molar-refractivity contribution is 0.878. The molecule has 0 radical (unpaired) electrons. The standard InChI is InChI=1S/C22H19NS/c1-13(2)16-12-17-14-8-5-7-11-19(14)24-22(17)21-20(16)15-9-4-6-10-18(15)23(21)3/h4-13H,1-3H3. The van der Waals surface area contributed by atoms with Crippen molar-refractivity contribution in [3.8, 4) is 0 Å². The van der Waals surface area contributed by atoms with Gasteiger partial charge in [0.25, 0.3) is 0 Å². The minimum atomic E-state index is 0.501. The van der Waals surface area contributed by atoms with E-state index in [1.54, 1.807) is 0 Å². The molecule has 0 bridgehead atoms. The van der Waals surface area contributed by atoms with Gasteiger partial charge in [0.15, 0.2) is 0 Å². The minimum absolute atomic E-state index is 0.501. The summed E-state index contributed by atoms with van der Waals surface area (Å²) < 4.78 is 5.17. The van der Waals surface area contributed by atoms with E-state index in [1.165, 1.54) is 47.5 Å². The van der Waals surface area contributed by atoms with Crippen LogP contribution in [0.1, 0.15) is 25.3 Å². The number of rotatable bonds is 1. The molecule has 2 heterocycles. The first-order valence-corrected chi connectivity index (χ1v) is 9.29. The van der Waals surface area contributed by atoms with Gasteiger partial charge >= 0.3 is 0 Å². The number of benzene rings is 3. The van der Waals surface area contributed by atoms with Crippen LogP contribution in [0.5, 0.6) is 0 Å². The van der Waals surface area contributed by atoms with E-state index in [1.807, 2.05) is 11.3 Å². The van der Waals surface area contributed by atoms with Crippen LogP contribution in [0, 0.1) is 0 Å². The van der Waals surface area contributed by atoms with Crippen molar-refractivity contribution in [2.24, 2.45) is 7.05 Å². The van der Waals surface area contributed by atoms with E-state index < -0.39 is 0 Å². The highest BCUT2D eigenvalue weighted by Crippen LogP contribution is 2.44. The molecule has 118 valence electrons. The van der Waals surface area contributed by atoms with Gasteiger partial charge in [0.05, 0.1) is 10.2 Å². The number of aromatic nitrogens is 1. The topological polar surface area (TPSA) is 4.93 Å². The van der Waals surface area contributed by atoms with Crippen molar-refractivity contribution in [2.75, 3.05) is 0 Å². The van der Waals surface area contributed by atoms with E-state index in [2.05, 4.69) is 80.1 Å². The Bertz CT molecular complexity index is 1240. The highest BCUT2D eigenvalue weighted by molar-refractivity contribution is 7.26. The maximum Gasteiger partial charge on any atom is 0.0673 e. The molecule has 0 fully saturated rings. The molecule has 2 aromatic heterocycles. The largest absolute Gasteiger partial charge is 0.342 e. The van der Waals surface area contributed by atoms with Crippen LogP contribution in [-0.2, 0) is 7.05 Å². The van der Waals surface area contributed by atoms with Crippen LogP contribution >= 0.6 is 11.3 Å². The van der Waals surface area contributed by atoms with Crippen LogP contribution in [0.4, 0.5) is 0 Å². The SMILES string of the molecule is CC(C)c1cc2c3ccccc3sc2c2c1c1ccccc1n2C. The normalized spacial score (nSPS) is 12.3. The first kappa shape index (κ1) is 14.1. The van der Waals surface area contributed by atoms with Gasteiger partial charge in [-0.2, -0.15) is 0 Å². The molecule has 0 aliphatic heterocycles. The summed E-state index contributed by atoms with van der Waals surface area (Å²) in [6.07, 6.45) is 0. The molecule has 0 atom stereocenters. The summed E-state index contributed by atoms with van der Waals surface area (Å²) in [6, 6.07) is 20.0. The van der Waals surface area contributed by atoms with Crippen LogP contribution < -0.4 is 0 Å². The first-order chi connectivity index (χ1) is 11.7. The van der Waals surface area contributed by atoms with E-state index in [9.17, 15) is 0 Å². The predicted molar refractivity (Wildman–Crippen MR) is 107 cm³/mol. The fraction of sp³-hybridized carbons (Fsp3) is 0.182. The Labute approximate surface area is 145 Å². The molecular formula is C22H19NS. The second-order valence-electron chi connectivity index (χ2n) is 6.90. The van der Waals surface area contributed by atoms with Gasteiger partial charge in [-0.1, -0.05) is 50.2 Å². The number of fused-ring (bicyclic) bond motifs is 7.